The van der Waals surface area contributed by atoms with Gasteiger partial charge in [0.1, 0.15) is 5.82 Å². The zero-order chi connectivity index (χ0) is 16.2. The quantitative estimate of drug-likeness (QED) is 0.856. The molecule has 0 saturated carbocycles. The monoisotopic (exact) mass is 320 g/mol. The van der Waals surface area contributed by atoms with E-state index in [4.69, 9.17) is 0 Å². The molecule has 0 atom stereocenters. The molecule has 6 nitrogen and oxygen atoms in total. The van der Waals surface area contributed by atoms with Crippen LogP contribution in [0.2, 0.25) is 0 Å². The highest BCUT2D eigenvalue weighted by Crippen LogP contribution is 2.13. The van der Waals surface area contributed by atoms with Crippen molar-refractivity contribution in [3.63, 3.8) is 0 Å². The fourth-order valence-corrected chi connectivity index (χ4v) is 2.41. The van der Waals surface area contributed by atoms with E-state index in [0.29, 0.717) is 18.1 Å². The first-order chi connectivity index (χ1) is 10.4. The second-order valence-electron chi connectivity index (χ2n) is 5.16. The summed E-state index contributed by atoms with van der Waals surface area (Å²) in [5, 5.41) is 3.20. The number of rotatable bonds is 6. The van der Waals surface area contributed by atoms with Crippen molar-refractivity contribution in [1.82, 2.24) is 9.29 Å². The Labute approximate surface area is 131 Å². The molecule has 118 valence electrons. The summed E-state index contributed by atoms with van der Waals surface area (Å²) in [6.45, 7) is 2.71. The molecule has 0 bridgehead atoms. The fourth-order valence-electron chi connectivity index (χ4n) is 1.81. The van der Waals surface area contributed by atoms with Gasteiger partial charge < -0.3 is 5.32 Å². The molecule has 0 spiro atoms. The Morgan fingerprint density at radius 1 is 1.18 bits per heavy atom. The van der Waals surface area contributed by atoms with E-state index >= 15 is 0 Å². The van der Waals surface area contributed by atoms with Crippen LogP contribution in [0.4, 0.5) is 11.5 Å². The van der Waals surface area contributed by atoms with Crippen LogP contribution in [0.15, 0.2) is 42.6 Å². The van der Waals surface area contributed by atoms with Crippen LogP contribution >= 0.6 is 0 Å². The van der Waals surface area contributed by atoms with Crippen LogP contribution in [0.3, 0.4) is 0 Å². The van der Waals surface area contributed by atoms with Crippen molar-refractivity contribution in [2.45, 2.75) is 13.5 Å². The lowest BCUT2D eigenvalue weighted by Gasteiger charge is -2.13. The molecule has 0 saturated heterocycles. The Morgan fingerprint density at radius 2 is 1.95 bits per heavy atom. The Morgan fingerprint density at radius 3 is 2.55 bits per heavy atom. The smallest absolute Gasteiger partial charge is 0.301 e. The summed E-state index contributed by atoms with van der Waals surface area (Å²) in [6, 6.07) is 11.6. The van der Waals surface area contributed by atoms with E-state index in [1.54, 1.807) is 12.1 Å². The third kappa shape index (κ3) is 4.44. The first kappa shape index (κ1) is 16.3. The molecule has 1 aromatic carbocycles. The number of benzene rings is 1. The molecule has 0 unspecified atom stereocenters. The van der Waals surface area contributed by atoms with Gasteiger partial charge in [-0.3, -0.25) is 4.72 Å². The van der Waals surface area contributed by atoms with Crippen LogP contribution in [-0.4, -0.2) is 31.8 Å². The van der Waals surface area contributed by atoms with Gasteiger partial charge in [0.25, 0.3) is 0 Å². The van der Waals surface area contributed by atoms with E-state index in [9.17, 15) is 8.42 Å². The summed E-state index contributed by atoms with van der Waals surface area (Å²) in [6.07, 6.45) is 1.49. The minimum atomic E-state index is -3.50. The Kier molecular flexibility index (Phi) is 4.99. The normalized spacial score (nSPS) is 11.5. The zero-order valence-electron chi connectivity index (χ0n) is 12.9. The highest BCUT2D eigenvalue weighted by atomic mass is 32.2. The number of hydrogen-bond acceptors (Lipinski definition) is 4. The highest BCUT2D eigenvalue weighted by Gasteiger charge is 2.12. The number of nitrogens with zero attached hydrogens (tertiary/aromatic N) is 2. The highest BCUT2D eigenvalue weighted by molar-refractivity contribution is 7.90. The lowest BCUT2D eigenvalue weighted by molar-refractivity contribution is 0.527. The molecule has 22 heavy (non-hydrogen) atoms. The molecule has 2 N–H and O–H groups in total. The fraction of sp³-hybridized carbons (Fsp3) is 0.267. The van der Waals surface area contributed by atoms with Gasteiger partial charge in [-0.25, -0.2) is 4.98 Å². The van der Waals surface area contributed by atoms with Crippen LogP contribution in [0.5, 0.6) is 0 Å². The summed E-state index contributed by atoms with van der Waals surface area (Å²) in [4.78, 5) is 4.20. The van der Waals surface area contributed by atoms with Gasteiger partial charge in [0, 0.05) is 20.6 Å². The van der Waals surface area contributed by atoms with Crippen molar-refractivity contribution in [1.29, 1.82) is 0 Å². The average molecular weight is 320 g/mol. The summed E-state index contributed by atoms with van der Waals surface area (Å²) in [5.74, 6) is 0.689. The maximum atomic E-state index is 11.7. The molecule has 7 heteroatoms. The Bertz CT molecular complexity index is 727. The van der Waals surface area contributed by atoms with Gasteiger partial charge >= 0.3 is 10.2 Å². The molecule has 2 rings (SSSR count). The standard InChI is InChI=1S/C15H20N4O2S/c1-12-5-4-6-13(9-12)10-16-15-8-7-14(11-17-15)18-22(20,21)19(2)3/h4-9,11,18H,10H2,1-3H3,(H,16,17). The molecule has 1 aromatic heterocycles. The third-order valence-electron chi connectivity index (χ3n) is 3.05. The number of nitrogens with one attached hydrogen (secondary N) is 2. The van der Waals surface area contributed by atoms with Crippen molar-refractivity contribution < 1.29 is 8.42 Å². The Balaban J connectivity index is 1.98. The predicted octanol–water partition coefficient (Wildman–Crippen LogP) is 2.22. The van der Waals surface area contributed by atoms with E-state index < -0.39 is 10.2 Å². The molecule has 1 heterocycles. The molecule has 2 aromatic rings. The Hall–Kier alpha value is -2.12. The topological polar surface area (TPSA) is 74.3 Å². The van der Waals surface area contributed by atoms with Crippen LogP contribution in [0.25, 0.3) is 0 Å². The summed E-state index contributed by atoms with van der Waals surface area (Å²) >= 11 is 0. The first-order valence-corrected chi connectivity index (χ1v) is 8.26. The van der Waals surface area contributed by atoms with Crippen molar-refractivity contribution >= 4 is 21.7 Å². The summed E-state index contributed by atoms with van der Waals surface area (Å²) in [7, 11) is -0.570. The van der Waals surface area contributed by atoms with Gasteiger partial charge in [0.05, 0.1) is 11.9 Å². The third-order valence-corrected chi connectivity index (χ3v) is 4.50. The molecule has 0 fully saturated rings. The van der Waals surface area contributed by atoms with Crippen molar-refractivity contribution in [3.05, 3.63) is 53.7 Å². The van der Waals surface area contributed by atoms with E-state index in [0.717, 1.165) is 4.31 Å². The summed E-state index contributed by atoms with van der Waals surface area (Å²) in [5.41, 5.74) is 2.80. The maximum absolute atomic E-state index is 11.7. The molecule has 0 amide bonds. The lowest BCUT2D eigenvalue weighted by atomic mass is 10.1. The largest absolute Gasteiger partial charge is 0.366 e. The van der Waals surface area contributed by atoms with E-state index in [1.807, 2.05) is 25.1 Å². The second kappa shape index (κ2) is 6.76. The zero-order valence-corrected chi connectivity index (χ0v) is 13.7. The second-order valence-corrected chi connectivity index (χ2v) is 7.05. The molecule has 0 radical (unpaired) electrons. The van der Waals surface area contributed by atoms with Crippen LogP contribution in [-0.2, 0) is 16.8 Å². The number of aryl methyl sites for hydroxylation is 1. The van der Waals surface area contributed by atoms with Crippen LogP contribution in [0, 0.1) is 6.92 Å². The number of aromatic nitrogens is 1. The summed E-state index contributed by atoms with van der Waals surface area (Å²) < 4.78 is 26.9. The average Bonchev–Trinajstić information content (AvgIpc) is 2.46. The van der Waals surface area contributed by atoms with E-state index in [1.165, 1.54) is 31.4 Å². The minimum absolute atomic E-state index is 0.426. The van der Waals surface area contributed by atoms with E-state index in [2.05, 4.69) is 21.1 Å². The lowest BCUT2D eigenvalue weighted by Crippen LogP contribution is -2.28. The van der Waals surface area contributed by atoms with E-state index in [-0.39, 0.29) is 0 Å². The van der Waals surface area contributed by atoms with Gasteiger partial charge in [-0.2, -0.15) is 12.7 Å². The van der Waals surface area contributed by atoms with Crippen molar-refractivity contribution in [2.24, 2.45) is 0 Å². The van der Waals surface area contributed by atoms with Crippen LogP contribution in [0.1, 0.15) is 11.1 Å². The molecular formula is C15H20N4O2S. The molecular weight excluding hydrogens is 300 g/mol. The van der Waals surface area contributed by atoms with Gasteiger partial charge in [0.2, 0.25) is 0 Å². The van der Waals surface area contributed by atoms with Gasteiger partial charge in [0.15, 0.2) is 0 Å². The predicted molar refractivity (Wildman–Crippen MR) is 89.0 cm³/mol. The van der Waals surface area contributed by atoms with Gasteiger partial charge in [-0.15, -0.1) is 0 Å². The number of hydrogen-bond donors (Lipinski definition) is 2. The molecule has 0 aliphatic heterocycles. The van der Waals surface area contributed by atoms with Gasteiger partial charge in [-0.05, 0) is 24.6 Å². The van der Waals surface area contributed by atoms with Crippen LogP contribution < -0.4 is 10.0 Å². The minimum Gasteiger partial charge on any atom is -0.366 e. The first-order valence-electron chi connectivity index (χ1n) is 6.82. The van der Waals surface area contributed by atoms with Gasteiger partial charge in [-0.1, -0.05) is 29.8 Å². The maximum Gasteiger partial charge on any atom is 0.301 e. The van der Waals surface area contributed by atoms with Crippen molar-refractivity contribution in [3.8, 4) is 0 Å². The SMILES string of the molecule is Cc1cccc(CNc2ccc(NS(=O)(=O)N(C)C)cn2)c1. The molecule has 0 aliphatic carbocycles. The molecule has 0 aliphatic rings. The number of pyridine rings is 1. The number of anilines is 2. The van der Waals surface area contributed by atoms with Crippen molar-refractivity contribution in [2.75, 3.05) is 24.1 Å².